The highest BCUT2D eigenvalue weighted by Gasteiger charge is 2.30. The Balaban J connectivity index is 1.75. The Morgan fingerprint density at radius 2 is 1.88 bits per heavy atom. The number of hydrogen-bond donors (Lipinski definition) is 0. The number of aromatic nitrogens is 4. The van der Waals surface area contributed by atoms with E-state index in [1.54, 1.807) is 17.5 Å². The molecule has 1 aliphatic heterocycles. The van der Waals surface area contributed by atoms with Gasteiger partial charge in [-0.15, -0.1) is 21.5 Å². The van der Waals surface area contributed by atoms with Crippen molar-refractivity contribution in [2.75, 3.05) is 0 Å². The molecular formula is C25H20ClN5S. The predicted molar refractivity (Wildman–Crippen MR) is 129 cm³/mol. The first-order valence-corrected chi connectivity index (χ1v) is 11.6. The highest BCUT2D eigenvalue weighted by molar-refractivity contribution is 7.15. The first-order valence-electron chi connectivity index (χ1n) is 10.4. The molecule has 4 aromatic rings. The quantitative estimate of drug-likeness (QED) is 0.363. The smallest absolute Gasteiger partial charge is 0.163 e. The number of halogens is 1. The number of aliphatic imine (C=N–C) groups is 1. The number of hydrogen-bond acceptors (Lipinski definition) is 5. The van der Waals surface area contributed by atoms with E-state index < -0.39 is 0 Å². The lowest BCUT2D eigenvalue weighted by molar-refractivity contribution is 0.641. The number of benzene rings is 1. The van der Waals surface area contributed by atoms with Crippen molar-refractivity contribution in [1.82, 2.24) is 19.7 Å². The maximum Gasteiger partial charge on any atom is 0.163 e. The average molecular weight is 458 g/mol. The van der Waals surface area contributed by atoms with Crippen LogP contribution in [-0.4, -0.2) is 25.5 Å². The number of rotatable bonds is 2. The normalized spacial score (nSPS) is 14.6. The molecule has 1 aliphatic rings. The topological polar surface area (TPSA) is 56.0 Å². The molecule has 0 saturated heterocycles. The van der Waals surface area contributed by atoms with E-state index in [9.17, 15) is 0 Å². The van der Waals surface area contributed by atoms with Crippen LogP contribution in [0.1, 0.15) is 58.3 Å². The van der Waals surface area contributed by atoms with Crippen molar-refractivity contribution >= 4 is 28.6 Å². The maximum absolute atomic E-state index is 6.17. The van der Waals surface area contributed by atoms with Crippen LogP contribution in [0.5, 0.6) is 0 Å². The molecule has 0 N–H and O–H groups in total. The summed E-state index contributed by atoms with van der Waals surface area (Å²) in [5.41, 5.74) is 4.87. The maximum atomic E-state index is 6.17. The van der Waals surface area contributed by atoms with Gasteiger partial charge in [-0.1, -0.05) is 36.7 Å². The van der Waals surface area contributed by atoms with Crippen LogP contribution in [0, 0.1) is 25.7 Å². The molecule has 0 unspecified atom stereocenters. The molecule has 0 radical (unpaired) electrons. The van der Waals surface area contributed by atoms with Crippen LogP contribution < -0.4 is 0 Å². The van der Waals surface area contributed by atoms with Crippen LogP contribution in [0.25, 0.3) is 5.00 Å². The summed E-state index contributed by atoms with van der Waals surface area (Å²) in [7, 11) is 0. The number of nitrogens with zero attached hydrogens (tertiary/aromatic N) is 5. The number of fused-ring (bicyclic) bond motifs is 3. The summed E-state index contributed by atoms with van der Waals surface area (Å²) in [6.45, 7) is 6.21. The molecule has 0 aliphatic carbocycles. The van der Waals surface area contributed by atoms with Crippen LogP contribution in [0.3, 0.4) is 0 Å². The first kappa shape index (κ1) is 20.6. The Morgan fingerprint density at radius 3 is 2.59 bits per heavy atom. The monoisotopic (exact) mass is 457 g/mol. The zero-order valence-electron chi connectivity index (χ0n) is 17.9. The van der Waals surface area contributed by atoms with Gasteiger partial charge in [-0.3, -0.25) is 9.56 Å². The zero-order chi connectivity index (χ0) is 22.2. The van der Waals surface area contributed by atoms with Gasteiger partial charge in [-0.25, -0.2) is 4.98 Å². The van der Waals surface area contributed by atoms with Gasteiger partial charge in [0.25, 0.3) is 0 Å². The van der Waals surface area contributed by atoms with Crippen LogP contribution in [0.4, 0.5) is 0 Å². The van der Waals surface area contributed by atoms with E-state index in [0.29, 0.717) is 5.02 Å². The van der Waals surface area contributed by atoms with Crippen LogP contribution in [0.2, 0.25) is 5.02 Å². The molecule has 5 rings (SSSR count). The molecule has 1 aromatic carbocycles. The highest BCUT2D eigenvalue weighted by Crippen LogP contribution is 2.39. The van der Waals surface area contributed by atoms with Gasteiger partial charge in [0, 0.05) is 22.3 Å². The van der Waals surface area contributed by atoms with Gasteiger partial charge in [0.1, 0.15) is 22.6 Å². The fraction of sp³-hybridized carbons (Fsp3) is 0.200. The lowest BCUT2D eigenvalue weighted by Gasteiger charge is -2.10. The number of aryl methyl sites for hydroxylation is 1. The Kier molecular flexibility index (Phi) is 5.38. The van der Waals surface area contributed by atoms with E-state index in [-0.39, 0.29) is 6.04 Å². The highest BCUT2D eigenvalue weighted by atomic mass is 35.5. The summed E-state index contributed by atoms with van der Waals surface area (Å²) in [6.07, 6.45) is 2.58. The van der Waals surface area contributed by atoms with Crippen molar-refractivity contribution in [2.45, 2.75) is 33.2 Å². The molecule has 32 heavy (non-hydrogen) atoms. The number of pyridine rings is 1. The average Bonchev–Trinajstić information content (AvgIpc) is 3.29. The fourth-order valence-corrected chi connectivity index (χ4v) is 5.18. The molecule has 4 heterocycles. The summed E-state index contributed by atoms with van der Waals surface area (Å²) < 4.78 is 2.14. The summed E-state index contributed by atoms with van der Waals surface area (Å²) in [5.74, 6) is 8.23. The SMILES string of the molecule is CC[C@@H]1N=C(c2ccc(Cl)cc2)c2c(sc(C#Cc3ccccn3)c2C)-n2c(C)nnc21. The molecule has 7 heteroatoms. The largest absolute Gasteiger partial charge is 0.273 e. The van der Waals surface area contributed by atoms with Gasteiger partial charge in [0.05, 0.1) is 10.6 Å². The minimum Gasteiger partial charge on any atom is -0.273 e. The molecule has 0 amide bonds. The third-order valence-electron chi connectivity index (χ3n) is 5.47. The molecule has 0 spiro atoms. The van der Waals surface area contributed by atoms with E-state index in [1.807, 2.05) is 49.4 Å². The lowest BCUT2D eigenvalue weighted by atomic mass is 9.99. The van der Waals surface area contributed by atoms with Gasteiger partial charge in [0.15, 0.2) is 5.82 Å². The molecule has 1 atom stereocenters. The first-order chi connectivity index (χ1) is 15.6. The van der Waals surface area contributed by atoms with Crippen molar-refractivity contribution < 1.29 is 0 Å². The molecule has 0 saturated carbocycles. The minimum absolute atomic E-state index is 0.0797. The van der Waals surface area contributed by atoms with Gasteiger partial charge >= 0.3 is 0 Å². The zero-order valence-corrected chi connectivity index (χ0v) is 19.5. The van der Waals surface area contributed by atoms with Gasteiger partial charge in [-0.05, 0) is 61.9 Å². The Hall–Kier alpha value is -3.27. The minimum atomic E-state index is -0.0797. The van der Waals surface area contributed by atoms with Gasteiger partial charge < -0.3 is 0 Å². The predicted octanol–water partition coefficient (Wildman–Crippen LogP) is 5.70. The summed E-state index contributed by atoms with van der Waals surface area (Å²) in [4.78, 5) is 10.5. The van der Waals surface area contributed by atoms with E-state index in [1.165, 1.54) is 0 Å². The Bertz CT molecular complexity index is 1390. The number of thiophene rings is 1. The Labute approximate surface area is 195 Å². The standard InChI is InChI=1S/C25H20ClN5S/c1-4-20-24-30-29-16(3)31(24)25-22(23(28-20)17-8-10-18(26)11-9-17)15(2)21(32-25)13-12-19-7-5-6-14-27-19/h5-11,14,20H,4H2,1-3H3/t20-/m0/s1. The summed E-state index contributed by atoms with van der Waals surface area (Å²) in [6, 6.07) is 13.5. The summed E-state index contributed by atoms with van der Waals surface area (Å²) >= 11 is 7.81. The summed E-state index contributed by atoms with van der Waals surface area (Å²) in [5, 5.41) is 10.6. The van der Waals surface area contributed by atoms with E-state index >= 15 is 0 Å². The van der Waals surface area contributed by atoms with Crippen LogP contribution in [0.15, 0.2) is 53.7 Å². The third-order valence-corrected chi connectivity index (χ3v) is 6.92. The molecule has 3 aromatic heterocycles. The second-order valence-electron chi connectivity index (χ2n) is 7.55. The van der Waals surface area contributed by atoms with Gasteiger partial charge in [0.2, 0.25) is 0 Å². The van der Waals surface area contributed by atoms with E-state index in [0.717, 1.165) is 56.0 Å². The molecule has 0 bridgehead atoms. The van der Waals surface area contributed by atoms with E-state index in [2.05, 4.69) is 45.4 Å². The van der Waals surface area contributed by atoms with Crippen molar-refractivity contribution in [1.29, 1.82) is 0 Å². The second-order valence-corrected chi connectivity index (χ2v) is 8.99. The molecular weight excluding hydrogens is 438 g/mol. The van der Waals surface area contributed by atoms with Crippen molar-refractivity contribution in [3.8, 4) is 16.8 Å². The van der Waals surface area contributed by atoms with Crippen LogP contribution in [-0.2, 0) is 0 Å². The molecule has 0 fully saturated rings. The Morgan fingerprint density at radius 1 is 1.06 bits per heavy atom. The van der Waals surface area contributed by atoms with Crippen LogP contribution >= 0.6 is 22.9 Å². The van der Waals surface area contributed by atoms with E-state index in [4.69, 9.17) is 16.6 Å². The van der Waals surface area contributed by atoms with Crippen molar-refractivity contribution in [3.05, 3.63) is 92.6 Å². The second kappa shape index (κ2) is 8.34. The van der Waals surface area contributed by atoms with Gasteiger partial charge in [-0.2, -0.15) is 0 Å². The van der Waals surface area contributed by atoms with Crippen molar-refractivity contribution in [3.63, 3.8) is 0 Å². The lowest BCUT2D eigenvalue weighted by Crippen LogP contribution is -2.07. The van der Waals surface area contributed by atoms with Crippen molar-refractivity contribution in [2.24, 2.45) is 4.99 Å². The molecule has 5 nitrogen and oxygen atoms in total. The molecule has 158 valence electrons. The third kappa shape index (κ3) is 3.54. The fourth-order valence-electron chi connectivity index (χ4n) is 3.84.